The number of ether oxygens (including phenoxy) is 1. The summed E-state index contributed by atoms with van der Waals surface area (Å²) < 4.78 is 5.99. The van der Waals surface area contributed by atoms with Crippen LogP contribution in [0.5, 0.6) is 0 Å². The van der Waals surface area contributed by atoms with E-state index in [1.54, 1.807) is 0 Å². The fourth-order valence-electron chi connectivity index (χ4n) is 3.62. The number of alkyl halides is 1. The Morgan fingerprint density at radius 1 is 0.565 bits per heavy atom. The van der Waals surface area contributed by atoms with Gasteiger partial charge >= 0.3 is 0 Å². The fraction of sp³-hybridized carbons (Fsp3) is 1.00. The molecule has 0 saturated heterocycles. The van der Waals surface area contributed by atoms with Gasteiger partial charge in [-0.25, -0.2) is 0 Å². The number of halogens is 1. The van der Waals surface area contributed by atoms with Gasteiger partial charge in [0.1, 0.15) is 0 Å². The molecule has 0 unspecified atom stereocenters. The Morgan fingerprint density at radius 3 is 1.48 bits per heavy atom. The van der Waals surface area contributed by atoms with Crippen molar-refractivity contribution in [1.82, 2.24) is 0 Å². The van der Waals surface area contributed by atoms with E-state index in [9.17, 15) is 0 Å². The molecule has 0 bridgehead atoms. The van der Waals surface area contributed by atoms with Gasteiger partial charge in [-0.3, -0.25) is 0 Å². The minimum absolute atomic E-state index is 0.600. The van der Waals surface area contributed by atoms with E-state index < -0.39 is 0 Å². The SMILES string of the molecule is BrCCCCCCCCCCCCCCCOC1CCCCC1. The monoisotopic (exact) mass is 388 g/mol. The van der Waals surface area contributed by atoms with Gasteiger partial charge in [-0.2, -0.15) is 0 Å². The van der Waals surface area contributed by atoms with Crippen LogP contribution in [0.2, 0.25) is 0 Å². The van der Waals surface area contributed by atoms with Crippen molar-refractivity contribution in [3.05, 3.63) is 0 Å². The highest BCUT2D eigenvalue weighted by Gasteiger charge is 2.12. The highest BCUT2D eigenvalue weighted by atomic mass is 79.9. The molecule has 0 aromatic carbocycles. The normalized spacial score (nSPS) is 16.0. The van der Waals surface area contributed by atoms with E-state index >= 15 is 0 Å². The predicted molar refractivity (Wildman–Crippen MR) is 107 cm³/mol. The van der Waals surface area contributed by atoms with Gasteiger partial charge in [0.05, 0.1) is 6.10 Å². The first kappa shape index (κ1) is 21.5. The van der Waals surface area contributed by atoms with Gasteiger partial charge < -0.3 is 4.74 Å². The summed E-state index contributed by atoms with van der Waals surface area (Å²) in [6.45, 7) is 1.01. The van der Waals surface area contributed by atoms with Gasteiger partial charge in [-0.15, -0.1) is 0 Å². The largest absolute Gasteiger partial charge is 0.378 e. The van der Waals surface area contributed by atoms with Crippen LogP contribution in [0.1, 0.15) is 116 Å². The second-order valence-corrected chi connectivity index (χ2v) is 8.21. The maximum absolute atomic E-state index is 5.99. The lowest BCUT2D eigenvalue weighted by Crippen LogP contribution is -2.17. The van der Waals surface area contributed by atoms with Crippen LogP contribution in [0.3, 0.4) is 0 Å². The van der Waals surface area contributed by atoms with Crippen molar-refractivity contribution in [2.45, 2.75) is 122 Å². The molecule has 0 aliphatic heterocycles. The van der Waals surface area contributed by atoms with E-state index in [1.165, 1.54) is 121 Å². The Labute approximate surface area is 154 Å². The molecule has 0 amide bonds. The van der Waals surface area contributed by atoms with E-state index in [2.05, 4.69) is 15.9 Å². The average Bonchev–Trinajstić information content (AvgIpc) is 2.59. The standard InChI is InChI=1S/C21H41BrO/c22-19-15-10-8-6-4-2-1-3-5-7-9-11-16-20-23-21-17-13-12-14-18-21/h21H,1-20H2. The zero-order valence-electron chi connectivity index (χ0n) is 15.5. The molecule has 1 rings (SSSR count). The zero-order chi connectivity index (χ0) is 16.4. The maximum atomic E-state index is 5.99. The molecule has 0 spiro atoms. The number of unbranched alkanes of at least 4 members (excludes halogenated alkanes) is 12. The molecule has 0 N–H and O–H groups in total. The van der Waals surface area contributed by atoms with Gasteiger partial charge in [-0.05, 0) is 25.7 Å². The molecule has 1 saturated carbocycles. The Hall–Kier alpha value is 0.440. The van der Waals surface area contributed by atoms with Crippen LogP contribution in [0.4, 0.5) is 0 Å². The third-order valence-electron chi connectivity index (χ3n) is 5.18. The molecule has 0 aromatic rings. The van der Waals surface area contributed by atoms with Crippen molar-refractivity contribution in [3.8, 4) is 0 Å². The summed E-state index contributed by atoms with van der Waals surface area (Å²) in [6, 6.07) is 0. The first-order valence-corrected chi connectivity index (χ1v) is 11.7. The van der Waals surface area contributed by atoms with Gasteiger partial charge in [-0.1, -0.05) is 106 Å². The highest BCUT2D eigenvalue weighted by molar-refractivity contribution is 9.09. The summed E-state index contributed by atoms with van der Waals surface area (Å²) in [5.74, 6) is 0. The third-order valence-corrected chi connectivity index (χ3v) is 5.74. The molecular formula is C21H41BrO. The van der Waals surface area contributed by atoms with Crippen molar-refractivity contribution in [2.75, 3.05) is 11.9 Å². The van der Waals surface area contributed by atoms with Crippen LogP contribution in [0.15, 0.2) is 0 Å². The number of rotatable bonds is 16. The average molecular weight is 389 g/mol. The van der Waals surface area contributed by atoms with Crippen LogP contribution in [0.25, 0.3) is 0 Å². The van der Waals surface area contributed by atoms with E-state index in [1.807, 2.05) is 0 Å². The summed E-state index contributed by atoms with van der Waals surface area (Å²) in [5, 5.41) is 1.18. The summed E-state index contributed by atoms with van der Waals surface area (Å²) >= 11 is 3.50. The van der Waals surface area contributed by atoms with Crippen LogP contribution < -0.4 is 0 Å². The molecule has 0 aromatic heterocycles. The van der Waals surface area contributed by atoms with Crippen LogP contribution >= 0.6 is 15.9 Å². The zero-order valence-corrected chi connectivity index (χ0v) is 17.1. The molecule has 1 fully saturated rings. The highest BCUT2D eigenvalue weighted by Crippen LogP contribution is 2.20. The van der Waals surface area contributed by atoms with E-state index in [-0.39, 0.29) is 0 Å². The molecule has 138 valence electrons. The third kappa shape index (κ3) is 14.5. The van der Waals surface area contributed by atoms with Gasteiger partial charge in [0.25, 0.3) is 0 Å². The van der Waals surface area contributed by atoms with Gasteiger partial charge in [0, 0.05) is 11.9 Å². The first-order valence-electron chi connectivity index (χ1n) is 10.6. The van der Waals surface area contributed by atoms with E-state index in [4.69, 9.17) is 4.74 Å². The van der Waals surface area contributed by atoms with Crippen LogP contribution in [0, 0.1) is 0 Å². The minimum atomic E-state index is 0.600. The Bertz CT molecular complexity index is 226. The van der Waals surface area contributed by atoms with Crippen LogP contribution in [-0.2, 0) is 4.74 Å². The first-order chi connectivity index (χ1) is 11.4. The summed E-state index contributed by atoms with van der Waals surface area (Å²) in [6.07, 6.45) is 25.9. The molecule has 0 atom stereocenters. The van der Waals surface area contributed by atoms with Crippen molar-refractivity contribution >= 4 is 15.9 Å². The second kappa shape index (κ2) is 17.3. The Kier molecular flexibility index (Phi) is 16.1. The van der Waals surface area contributed by atoms with Gasteiger partial charge in [0.15, 0.2) is 0 Å². The molecule has 23 heavy (non-hydrogen) atoms. The molecule has 0 radical (unpaired) electrons. The molecule has 2 heteroatoms. The minimum Gasteiger partial charge on any atom is -0.378 e. The lowest BCUT2D eigenvalue weighted by Gasteiger charge is -2.21. The quantitative estimate of drug-likeness (QED) is 0.193. The molecular weight excluding hydrogens is 348 g/mol. The number of hydrogen-bond acceptors (Lipinski definition) is 1. The maximum Gasteiger partial charge on any atom is 0.0575 e. The lowest BCUT2D eigenvalue weighted by molar-refractivity contribution is 0.0263. The molecule has 1 aliphatic carbocycles. The van der Waals surface area contributed by atoms with Gasteiger partial charge in [0.2, 0.25) is 0 Å². The van der Waals surface area contributed by atoms with E-state index in [0.29, 0.717) is 6.10 Å². The van der Waals surface area contributed by atoms with Crippen molar-refractivity contribution in [3.63, 3.8) is 0 Å². The second-order valence-electron chi connectivity index (χ2n) is 7.42. The predicted octanol–water partition coefficient (Wildman–Crippen LogP) is 7.80. The van der Waals surface area contributed by atoms with E-state index in [0.717, 1.165) is 6.61 Å². The summed E-state index contributed by atoms with van der Waals surface area (Å²) in [5.41, 5.74) is 0. The molecule has 1 aliphatic rings. The molecule has 1 nitrogen and oxygen atoms in total. The van der Waals surface area contributed by atoms with Crippen molar-refractivity contribution in [1.29, 1.82) is 0 Å². The van der Waals surface area contributed by atoms with Crippen molar-refractivity contribution in [2.24, 2.45) is 0 Å². The fourth-order valence-corrected chi connectivity index (χ4v) is 4.02. The lowest BCUT2D eigenvalue weighted by atomic mass is 9.98. The summed E-state index contributed by atoms with van der Waals surface area (Å²) in [4.78, 5) is 0. The van der Waals surface area contributed by atoms with Crippen molar-refractivity contribution < 1.29 is 4.74 Å². The molecule has 0 heterocycles. The Morgan fingerprint density at radius 2 is 1.00 bits per heavy atom. The smallest absolute Gasteiger partial charge is 0.0575 e. The number of hydrogen-bond donors (Lipinski definition) is 0. The Balaban J connectivity index is 1.67. The topological polar surface area (TPSA) is 9.23 Å². The van der Waals surface area contributed by atoms with Crippen LogP contribution in [-0.4, -0.2) is 18.0 Å². The summed E-state index contributed by atoms with van der Waals surface area (Å²) in [7, 11) is 0.